The standard InChI is InChI=1S/C14H23N3O3/c1-3-4-5-20-14(19)16-13(11(2)10-18)9-17-7-12(6-15)8-17/h10-13H,3-5,7-9H2,1-2H3,(H,16,19). The minimum absolute atomic E-state index is 0.0682. The van der Waals surface area contributed by atoms with Gasteiger partial charge in [-0.15, -0.1) is 0 Å². The van der Waals surface area contributed by atoms with Crippen LogP contribution in [-0.2, 0) is 9.53 Å². The summed E-state index contributed by atoms with van der Waals surface area (Å²) in [5, 5.41) is 11.5. The fraction of sp³-hybridized carbons (Fsp3) is 0.786. The highest BCUT2D eigenvalue weighted by molar-refractivity contribution is 5.68. The van der Waals surface area contributed by atoms with Crippen LogP contribution in [0.4, 0.5) is 4.79 Å². The molecule has 1 aliphatic rings. The van der Waals surface area contributed by atoms with Crippen molar-refractivity contribution in [3.05, 3.63) is 0 Å². The maximum absolute atomic E-state index is 11.6. The summed E-state index contributed by atoms with van der Waals surface area (Å²) in [6.07, 6.45) is 2.15. The molecule has 112 valence electrons. The molecule has 0 saturated carbocycles. The van der Waals surface area contributed by atoms with Crippen molar-refractivity contribution in [2.75, 3.05) is 26.2 Å². The summed E-state index contributed by atoms with van der Waals surface area (Å²) < 4.78 is 5.05. The monoisotopic (exact) mass is 281 g/mol. The molecule has 20 heavy (non-hydrogen) atoms. The lowest BCUT2D eigenvalue weighted by molar-refractivity contribution is -0.111. The van der Waals surface area contributed by atoms with E-state index in [2.05, 4.69) is 16.3 Å². The topological polar surface area (TPSA) is 82.4 Å². The third kappa shape index (κ3) is 5.17. The van der Waals surface area contributed by atoms with E-state index in [1.165, 1.54) is 0 Å². The van der Waals surface area contributed by atoms with Gasteiger partial charge in [0.25, 0.3) is 0 Å². The molecule has 0 spiro atoms. The molecule has 1 heterocycles. The minimum atomic E-state index is -0.477. The number of nitrogens with one attached hydrogen (secondary N) is 1. The maximum atomic E-state index is 11.6. The SMILES string of the molecule is CCCCOC(=O)NC(CN1CC(C#N)C1)C(C)C=O. The van der Waals surface area contributed by atoms with E-state index in [4.69, 9.17) is 10.00 Å². The van der Waals surface area contributed by atoms with E-state index >= 15 is 0 Å². The summed E-state index contributed by atoms with van der Waals surface area (Å²) >= 11 is 0. The van der Waals surface area contributed by atoms with Crippen LogP contribution in [0.5, 0.6) is 0 Å². The molecule has 0 radical (unpaired) electrons. The number of hydrogen-bond donors (Lipinski definition) is 1. The Balaban J connectivity index is 2.38. The van der Waals surface area contributed by atoms with Crippen LogP contribution in [0.2, 0.25) is 0 Å². The Labute approximate surface area is 120 Å². The second-order valence-corrected chi connectivity index (χ2v) is 5.28. The highest BCUT2D eigenvalue weighted by Gasteiger charge is 2.30. The molecule has 1 rings (SSSR count). The van der Waals surface area contributed by atoms with Gasteiger partial charge in [-0.25, -0.2) is 4.79 Å². The lowest BCUT2D eigenvalue weighted by atomic mass is 9.97. The first-order valence-electron chi connectivity index (χ1n) is 7.11. The molecule has 6 heteroatoms. The zero-order valence-corrected chi connectivity index (χ0v) is 12.2. The van der Waals surface area contributed by atoms with Gasteiger partial charge in [0.05, 0.1) is 24.6 Å². The molecule has 0 aromatic carbocycles. The number of nitriles is 1. The molecule has 6 nitrogen and oxygen atoms in total. The summed E-state index contributed by atoms with van der Waals surface area (Å²) in [4.78, 5) is 24.6. The van der Waals surface area contributed by atoms with Crippen molar-refractivity contribution in [1.82, 2.24) is 10.2 Å². The van der Waals surface area contributed by atoms with Gasteiger partial charge in [0, 0.05) is 25.6 Å². The number of carbonyl (C=O) groups excluding carboxylic acids is 2. The maximum Gasteiger partial charge on any atom is 0.407 e. The number of ether oxygens (including phenoxy) is 1. The number of nitrogens with zero attached hydrogens (tertiary/aromatic N) is 2. The Morgan fingerprint density at radius 2 is 2.30 bits per heavy atom. The third-order valence-corrected chi connectivity index (χ3v) is 3.48. The Kier molecular flexibility index (Phi) is 7.02. The molecule has 0 bridgehead atoms. The van der Waals surface area contributed by atoms with Crippen LogP contribution in [0.3, 0.4) is 0 Å². The summed E-state index contributed by atoms with van der Waals surface area (Å²) in [6.45, 7) is 6.15. The van der Waals surface area contributed by atoms with Crippen LogP contribution < -0.4 is 5.32 Å². The van der Waals surface area contributed by atoms with Crippen molar-refractivity contribution < 1.29 is 14.3 Å². The van der Waals surface area contributed by atoms with E-state index in [-0.39, 0.29) is 17.9 Å². The van der Waals surface area contributed by atoms with E-state index in [1.807, 2.05) is 6.92 Å². The van der Waals surface area contributed by atoms with Crippen molar-refractivity contribution >= 4 is 12.4 Å². The number of likely N-dealkylation sites (tertiary alicyclic amines) is 1. The average molecular weight is 281 g/mol. The zero-order chi connectivity index (χ0) is 15.0. The number of alkyl carbamates (subject to hydrolysis) is 1. The number of hydrogen-bond acceptors (Lipinski definition) is 5. The molecule has 1 amide bonds. The fourth-order valence-corrected chi connectivity index (χ4v) is 2.02. The van der Waals surface area contributed by atoms with Gasteiger partial charge in [-0.05, 0) is 6.42 Å². The molecule has 0 aliphatic carbocycles. The number of unbranched alkanes of at least 4 members (excludes halogenated alkanes) is 1. The molecule has 1 aliphatic heterocycles. The van der Waals surface area contributed by atoms with E-state index in [0.29, 0.717) is 26.2 Å². The van der Waals surface area contributed by atoms with Crippen molar-refractivity contribution in [1.29, 1.82) is 5.26 Å². The smallest absolute Gasteiger partial charge is 0.407 e. The molecule has 0 aromatic rings. The van der Waals surface area contributed by atoms with Gasteiger partial charge >= 0.3 is 6.09 Å². The lowest BCUT2D eigenvalue weighted by Gasteiger charge is -2.38. The minimum Gasteiger partial charge on any atom is -0.450 e. The van der Waals surface area contributed by atoms with Crippen molar-refractivity contribution in [2.24, 2.45) is 11.8 Å². The molecule has 0 aromatic heterocycles. The Bertz CT molecular complexity index is 361. The van der Waals surface area contributed by atoms with Crippen molar-refractivity contribution in [2.45, 2.75) is 32.7 Å². The lowest BCUT2D eigenvalue weighted by Crippen LogP contribution is -2.54. The second kappa shape index (κ2) is 8.54. The van der Waals surface area contributed by atoms with E-state index in [9.17, 15) is 9.59 Å². The van der Waals surface area contributed by atoms with Crippen molar-refractivity contribution in [3.63, 3.8) is 0 Å². The predicted octanol–water partition coefficient (Wildman–Crippen LogP) is 1.17. The molecule has 1 fully saturated rings. The summed E-state index contributed by atoms with van der Waals surface area (Å²) in [7, 11) is 0. The van der Waals surface area contributed by atoms with E-state index < -0.39 is 6.09 Å². The van der Waals surface area contributed by atoms with Crippen molar-refractivity contribution in [3.8, 4) is 6.07 Å². The van der Waals surface area contributed by atoms with Crippen LogP contribution >= 0.6 is 0 Å². The Hall–Kier alpha value is -1.61. The number of aldehydes is 1. The first-order chi connectivity index (χ1) is 9.60. The van der Waals surface area contributed by atoms with Gasteiger partial charge in [-0.3, -0.25) is 4.90 Å². The summed E-state index contributed by atoms with van der Waals surface area (Å²) in [5.41, 5.74) is 0. The predicted molar refractivity (Wildman–Crippen MR) is 74.0 cm³/mol. The second-order valence-electron chi connectivity index (χ2n) is 5.28. The van der Waals surface area contributed by atoms with E-state index in [0.717, 1.165) is 19.1 Å². The van der Waals surface area contributed by atoms with Crippen LogP contribution in [0, 0.1) is 23.2 Å². The quantitative estimate of drug-likeness (QED) is 0.533. The highest BCUT2D eigenvalue weighted by Crippen LogP contribution is 2.16. The largest absolute Gasteiger partial charge is 0.450 e. The first-order valence-corrected chi connectivity index (χ1v) is 7.11. The highest BCUT2D eigenvalue weighted by atomic mass is 16.5. The summed E-state index contributed by atoms with van der Waals surface area (Å²) in [5.74, 6) is -0.214. The molecule has 2 unspecified atom stereocenters. The Morgan fingerprint density at radius 1 is 1.60 bits per heavy atom. The van der Waals surface area contributed by atoms with Gasteiger partial charge in [0.1, 0.15) is 6.29 Å². The van der Waals surface area contributed by atoms with Gasteiger partial charge in [0.15, 0.2) is 0 Å². The van der Waals surface area contributed by atoms with E-state index in [1.54, 1.807) is 6.92 Å². The molecular formula is C14H23N3O3. The van der Waals surface area contributed by atoms with Gasteiger partial charge < -0.3 is 14.8 Å². The Morgan fingerprint density at radius 3 is 2.85 bits per heavy atom. The molecule has 1 saturated heterocycles. The van der Waals surface area contributed by atoms with Crippen LogP contribution in [0.15, 0.2) is 0 Å². The van der Waals surface area contributed by atoms with Crippen LogP contribution in [-0.4, -0.2) is 49.6 Å². The molecule has 2 atom stereocenters. The van der Waals surface area contributed by atoms with Crippen LogP contribution in [0.25, 0.3) is 0 Å². The zero-order valence-electron chi connectivity index (χ0n) is 12.2. The average Bonchev–Trinajstić information content (AvgIpc) is 2.40. The number of carbonyl (C=O) groups is 2. The van der Waals surface area contributed by atoms with Gasteiger partial charge in [0.2, 0.25) is 0 Å². The molecule has 1 N–H and O–H groups in total. The number of rotatable bonds is 8. The molecular weight excluding hydrogens is 258 g/mol. The van der Waals surface area contributed by atoms with Gasteiger partial charge in [-0.2, -0.15) is 5.26 Å². The number of amides is 1. The normalized spacial score (nSPS) is 18.4. The van der Waals surface area contributed by atoms with Gasteiger partial charge in [-0.1, -0.05) is 20.3 Å². The fourth-order valence-electron chi connectivity index (χ4n) is 2.02. The van der Waals surface area contributed by atoms with Crippen LogP contribution in [0.1, 0.15) is 26.7 Å². The third-order valence-electron chi connectivity index (χ3n) is 3.48. The summed E-state index contributed by atoms with van der Waals surface area (Å²) in [6, 6.07) is 1.92. The first kappa shape index (κ1) is 16.4.